The zero-order valence-corrected chi connectivity index (χ0v) is 10.8. The summed E-state index contributed by atoms with van der Waals surface area (Å²) in [6.07, 6.45) is -0.0364. The van der Waals surface area contributed by atoms with Crippen LogP contribution in [0.3, 0.4) is 0 Å². The van der Waals surface area contributed by atoms with Gasteiger partial charge in [0.15, 0.2) is 0 Å². The molecule has 3 fully saturated rings. The molecule has 6 heteroatoms. The predicted molar refractivity (Wildman–Crippen MR) is 60.6 cm³/mol. The van der Waals surface area contributed by atoms with Crippen LogP contribution in [0.2, 0.25) is 0 Å². The number of hydrogen-bond acceptors (Lipinski definition) is 6. The fourth-order valence-electron chi connectivity index (χ4n) is 4.02. The smallest absolute Gasteiger partial charge is 0.309 e. The lowest BCUT2D eigenvalue weighted by Crippen LogP contribution is -2.35. The summed E-state index contributed by atoms with van der Waals surface area (Å²) in [5, 5.41) is 0. The Balaban J connectivity index is 1.85. The molecule has 0 radical (unpaired) electrons. The third-order valence-corrected chi connectivity index (χ3v) is 4.46. The molecule has 6 atom stereocenters. The van der Waals surface area contributed by atoms with E-state index in [-0.39, 0.29) is 53.8 Å². The number of carbonyl (C=O) groups excluding carboxylic acids is 3. The third-order valence-electron chi connectivity index (χ3n) is 4.46. The molecule has 0 aromatic carbocycles. The van der Waals surface area contributed by atoms with Gasteiger partial charge in [0, 0.05) is 31.6 Å². The van der Waals surface area contributed by atoms with Crippen molar-refractivity contribution in [3.63, 3.8) is 0 Å². The largest absolute Gasteiger partial charge is 0.465 e. The zero-order chi connectivity index (χ0) is 13.7. The summed E-state index contributed by atoms with van der Waals surface area (Å²) in [6.45, 7) is 3.05. The molecule has 1 saturated heterocycles. The van der Waals surface area contributed by atoms with E-state index < -0.39 is 0 Å². The molecular weight excluding hydrogens is 252 g/mol. The Morgan fingerprint density at radius 2 is 1.84 bits per heavy atom. The number of cyclic esters (lactones) is 1. The lowest BCUT2D eigenvalue weighted by molar-refractivity contribution is -0.155. The highest BCUT2D eigenvalue weighted by atomic mass is 16.6. The molecule has 0 unspecified atom stereocenters. The Morgan fingerprint density at radius 1 is 1.16 bits per heavy atom. The van der Waals surface area contributed by atoms with Crippen molar-refractivity contribution in [2.24, 2.45) is 23.7 Å². The molecule has 3 rings (SSSR count). The Bertz CT molecular complexity index is 444. The van der Waals surface area contributed by atoms with Gasteiger partial charge in [0.2, 0.25) is 0 Å². The summed E-state index contributed by atoms with van der Waals surface area (Å²) >= 11 is 0. The van der Waals surface area contributed by atoms with Crippen LogP contribution in [-0.2, 0) is 28.6 Å². The highest BCUT2D eigenvalue weighted by Gasteiger charge is 2.66. The fourth-order valence-corrected chi connectivity index (χ4v) is 4.02. The van der Waals surface area contributed by atoms with Gasteiger partial charge >= 0.3 is 17.9 Å². The van der Waals surface area contributed by atoms with Crippen LogP contribution in [0.4, 0.5) is 0 Å². The number of hydrogen-bond donors (Lipinski definition) is 0. The summed E-state index contributed by atoms with van der Waals surface area (Å²) in [7, 11) is 0. The lowest BCUT2D eigenvalue weighted by Gasteiger charge is -2.27. The number of esters is 3. The van der Waals surface area contributed by atoms with E-state index >= 15 is 0 Å². The van der Waals surface area contributed by atoms with E-state index in [0.717, 1.165) is 0 Å². The minimum Gasteiger partial charge on any atom is -0.465 e. The molecule has 2 bridgehead atoms. The molecule has 1 aliphatic heterocycles. The van der Waals surface area contributed by atoms with Crippen LogP contribution >= 0.6 is 0 Å². The first-order valence-electron chi connectivity index (χ1n) is 6.50. The Labute approximate surface area is 110 Å². The maximum absolute atomic E-state index is 11.7. The number of fused-ring (bicyclic) bond motifs is 5. The van der Waals surface area contributed by atoms with Crippen LogP contribution in [0.15, 0.2) is 0 Å². The molecule has 2 saturated carbocycles. The molecular formula is C13H16O6. The molecule has 2 aliphatic carbocycles. The van der Waals surface area contributed by atoms with Gasteiger partial charge in [-0.2, -0.15) is 0 Å². The van der Waals surface area contributed by atoms with Crippen molar-refractivity contribution in [2.45, 2.75) is 32.5 Å². The first-order valence-corrected chi connectivity index (χ1v) is 6.50. The van der Waals surface area contributed by atoms with Gasteiger partial charge in [0.1, 0.15) is 12.2 Å². The Hall–Kier alpha value is -1.59. The predicted octanol–water partition coefficient (Wildman–Crippen LogP) is 0.289. The number of carbonyl (C=O) groups is 3. The van der Waals surface area contributed by atoms with E-state index in [2.05, 4.69) is 0 Å². The van der Waals surface area contributed by atoms with Gasteiger partial charge in [-0.25, -0.2) is 0 Å². The molecule has 0 aromatic heterocycles. The van der Waals surface area contributed by atoms with Crippen LogP contribution in [0, 0.1) is 23.7 Å². The van der Waals surface area contributed by atoms with Gasteiger partial charge < -0.3 is 14.2 Å². The monoisotopic (exact) mass is 268 g/mol. The maximum Gasteiger partial charge on any atom is 0.309 e. The van der Waals surface area contributed by atoms with Crippen molar-refractivity contribution in [3.05, 3.63) is 0 Å². The minimum absolute atomic E-state index is 0.0000463. The second kappa shape index (κ2) is 4.21. The molecule has 0 N–H and O–H groups in total. The second-order valence-corrected chi connectivity index (χ2v) is 5.52. The van der Waals surface area contributed by atoms with Crippen molar-refractivity contribution in [1.29, 1.82) is 0 Å². The normalized spacial score (nSPS) is 42.7. The van der Waals surface area contributed by atoms with Crippen molar-refractivity contribution >= 4 is 17.9 Å². The SMILES string of the molecule is CC(=O)O[C@H]1[C@H]2C[C@@H](OC(C)=O)[C@H]1[C@@H]1COC(=O)[C@@H]21. The molecule has 104 valence electrons. The van der Waals surface area contributed by atoms with Crippen molar-refractivity contribution in [2.75, 3.05) is 6.61 Å². The van der Waals surface area contributed by atoms with Gasteiger partial charge in [-0.15, -0.1) is 0 Å². The zero-order valence-electron chi connectivity index (χ0n) is 10.8. The first-order chi connectivity index (χ1) is 8.99. The lowest BCUT2D eigenvalue weighted by atomic mass is 9.80. The van der Waals surface area contributed by atoms with Crippen LogP contribution < -0.4 is 0 Å². The standard InChI is InChI=1S/C13H16O6/c1-5(14)18-9-3-7-10-8(4-17-13(10)16)11(9)12(7)19-6(2)15/h7-12H,3-4H2,1-2H3/t7-,8+,9+,10-,11+,12-/m0/s1. The van der Waals surface area contributed by atoms with Crippen molar-refractivity contribution in [1.82, 2.24) is 0 Å². The quantitative estimate of drug-likeness (QED) is 0.529. The average Bonchev–Trinajstić information content (AvgIpc) is 2.89. The summed E-state index contributed by atoms with van der Waals surface area (Å²) < 4.78 is 15.7. The summed E-state index contributed by atoms with van der Waals surface area (Å²) in [4.78, 5) is 34.1. The van der Waals surface area contributed by atoms with Gasteiger partial charge in [0.25, 0.3) is 0 Å². The fraction of sp³-hybridized carbons (Fsp3) is 0.769. The van der Waals surface area contributed by atoms with Gasteiger partial charge in [0.05, 0.1) is 12.5 Å². The van der Waals surface area contributed by atoms with Crippen LogP contribution in [0.1, 0.15) is 20.3 Å². The minimum atomic E-state index is -0.364. The van der Waals surface area contributed by atoms with Gasteiger partial charge in [-0.3, -0.25) is 14.4 Å². The topological polar surface area (TPSA) is 78.9 Å². The van der Waals surface area contributed by atoms with E-state index in [0.29, 0.717) is 13.0 Å². The first kappa shape index (κ1) is 12.4. The van der Waals surface area contributed by atoms with Crippen LogP contribution in [0.25, 0.3) is 0 Å². The van der Waals surface area contributed by atoms with E-state index in [1.807, 2.05) is 0 Å². The molecule has 0 amide bonds. The van der Waals surface area contributed by atoms with Crippen LogP contribution in [0.5, 0.6) is 0 Å². The van der Waals surface area contributed by atoms with Crippen molar-refractivity contribution < 1.29 is 28.6 Å². The average molecular weight is 268 g/mol. The molecule has 6 nitrogen and oxygen atoms in total. The molecule has 19 heavy (non-hydrogen) atoms. The van der Waals surface area contributed by atoms with Crippen molar-refractivity contribution in [3.8, 4) is 0 Å². The van der Waals surface area contributed by atoms with Gasteiger partial charge in [-0.1, -0.05) is 0 Å². The summed E-state index contributed by atoms with van der Waals surface area (Å²) in [6, 6.07) is 0. The highest BCUT2D eigenvalue weighted by molar-refractivity contribution is 5.77. The van der Waals surface area contributed by atoms with E-state index in [1.165, 1.54) is 13.8 Å². The molecule has 3 aliphatic rings. The third kappa shape index (κ3) is 1.81. The maximum atomic E-state index is 11.7. The molecule has 1 heterocycles. The number of rotatable bonds is 2. The van der Waals surface area contributed by atoms with E-state index in [4.69, 9.17) is 14.2 Å². The molecule has 0 spiro atoms. The summed E-state index contributed by atoms with van der Waals surface area (Å²) in [5.41, 5.74) is 0. The van der Waals surface area contributed by atoms with Crippen LogP contribution in [-0.4, -0.2) is 36.7 Å². The summed E-state index contributed by atoms with van der Waals surface area (Å²) in [5.74, 6) is -1.33. The highest BCUT2D eigenvalue weighted by Crippen LogP contribution is 2.57. The van der Waals surface area contributed by atoms with Gasteiger partial charge in [-0.05, 0) is 6.42 Å². The Morgan fingerprint density at radius 3 is 2.47 bits per heavy atom. The Kier molecular flexibility index (Phi) is 2.76. The van der Waals surface area contributed by atoms with E-state index in [1.54, 1.807) is 0 Å². The second-order valence-electron chi connectivity index (χ2n) is 5.52. The molecule has 0 aromatic rings. The number of ether oxygens (including phenoxy) is 3. The van der Waals surface area contributed by atoms with E-state index in [9.17, 15) is 14.4 Å².